The summed E-state index contributed by atoms with van der Waals surface area (Å²) >= 11 is 0. The lowest BCUT2D eigenvalue weighted by atomic mass is 10.1. The number of rotatable bonds is 6. The SMILES string of the molecule is CNC(CN1CC[C@H](O[Si](C)(C)C(C)(C)C)C1)c1cccnc1.S.S. The van der Waals surface area contributed by atoms with Gasteiger partial charge in [0.25, 0.3) is 0 Å². The Morgan fingerprint density at radius 2 is 2.04 bits per heavy atom. The molecule has 1 fully saturated rings. The molecule has 0 radical (unpaired) electrons. The molecule has 2 atom stereocenters. The van der Waals surface area contributed by atoms with Crippen molar-refractivity contribution in [1.29, 1.82) is 0 Å². The third-order valence-corrected chi connectivity index (χ3v) is 9.91. The van der Waals surface area contributed by atoms with E-state index in [4.69, 9.17) is 4.43 Å². The first-order valence-corrected chi connectivity index (χ1v) is 11.6. The van der Waals surface area contributed by atoms with Crippen LogP contribution in [-0.4, -0.2) is 51.0 Å². The third-order valence-electron chi connectivity index (χ3n) is 5.37. The fraction of sp³-hybridized carbons (Fsp3) is 0.722. The van der Waals surface area contributed by atoms with Gasteiger partial charge in [0.05, 0.1) is 6.10 Å². The predicted molar refractivity (Wildman–Crippen MR) is 120 cm³/mol. The molecule has 25 heavy (non-hydrogen) atoms. The quantitative estimate of drug-likeness (QED) is 0.736. The van der Waals surface area contributed by atoms with Crippen molar-refractivity contribution in [3.63, 3.8) is 0 Å². The van der Waals surface area contributed by atoms with Crippen molar-refractivity contribution in [1.82, 2.24) is 15.2 Å². The maximum atomic E-state index is 6.58. The lowest BCUT2D eigenvalue weighted by molar-refractivity contribution is 0.177. The predicted octanol–water partition coefficient (Wildman–Crippen LogP) is 3.66. The van der Waals surface area contributed by atoms with Gasteiger partial charge in [-0.1, -0.05) is 26.8 Å². The van der Waals surface area contributed by atoms with E-state index in [9.17, 15) is 0 Å². The average Bonchev–Trinajstić information content (AvgIpc) is 2.91. The first kappa shape index (κ1) is 24.9. The van der Waals surface area contributed by atoms with E-state index >= 15 is 0 Å². The van der Waals surface area contributed by atoms with Crippen molar-refractivity contribution in [3.05, 3.63) is 30.1 Å². The van der Waals surface area contributed by atoms with Gasteiger partial charge < -0.3 is 9.74 Å². The molecule has 1 aromatic rings. The van der Waals surface area contributed by atoms with Crippen molar-refractivity contribution < 1.29 is 4.43 Å². The zero-order chi connectivity index (χ0) is 17.1. The zero-order valence-electron chi connectivity index (χ0n) is 16.6. The second kappa shape index (κ2) is 10.3. The van der Waals surface area contributed by atoms with Crippen molar-refractivity contribution in [3.8, 4) is 0 Å². The van der Waals surface area contributed by atoms with Crippen LogP contribution in [0.15, 0.2) is 24.5 Å². The number of nitrogens with one attached hydrogen (secondary N) is 1. The van der Waals surface area contributed by atoms with E-state index < -0.39 is 8.32 Å². The van der Waals surface area contributed by atoms with E-state index in [1.807, 2.05) is 25.5 Å². The maximum Gasteiger partial charge on any atom is 0.192 e. The Kier molecular flexibility index (Phi) is 10.3. The number of likely N-dealkylation sites (tertiary alicyclic amines) is 1. The van der Waals surface area contributed by atoms with Gasteiger partial charge in [-0.3, -0.25) is 9.88 Å². The van der Waals surface area contributed by atoms with Gasteiger partial charge in [-0.05, 0) is 43.2 Å². The van der Waals surface area contributed by atoms with Gasteiger partial charge in [0, 0.05) is 38.1 Å². The molecule has 0 spiro atoms. The Balaban J connectivity index is 0.00000288. The van der Waals surface area contributed by atoms with Crippen LogP contribution in [0.1, 0.15) is 38.8 Å². The largest absolute Gasteiger partial charge is 0.413 e. The summed E-state index contributed by atoms with van der Waals surface area (Å²) in [6.07, 6.45) is 5.33. The van der Waals surface area contributed by atoms with E-state index in [0.29, 0.717) is 12.1 Å². The van der Waals surface area contributed by atoms with Gasteiger partial charge in [-0.25, -0.2) is 0 Å². The van der Waals surface area contributed by atoms with Gasteiger partial charge in [0.15, 0.2) is 8.32 Å². The highest BCUT2D eigenvalue weighted by molar-refractivity contribution is 7.59. The number of hydrogen-bond acceptors (Lipinski definition) is 4. The summed E-state index contributed by atoms with van der Waals surface area (Å²) in [7, 11) is 0.361. The molecule has 1 aromatic heterocycles. The minimum atomic E-state index is -1.66. The Morgan fingerprint density at radius 3 is 2.56 bits per heavy atom. The van der Waals surface area contributed by atoms with Crippen molar-refractivity contribution in [2.45, 2.75) is 57.5 Å². The molecule has 146 valence electrons. The van der Waals surface area contributed by atoms with E-state index in [1.54, 1.807) is 0 Å². The molecule has 1 N–H and O–H groups in total. The summed E-state index contributed by atoms with van der Waals surface area (Å²) in [6, 6.07) is 4.48. The second-order valence-electron chi connectivity index (χ2n) is 8.18. The summed E-state index contributed by atoms with van der Waals surface area (Å²) < 4.78 is 6.58. The Bertz CT molecular complexity index is 497. The van der Waals surface area contributed by atoms with E-state index in [1.165, 1.54) is 5.56 Å². The number of hydrogen-bond donors (Lipinski definition) is 1. The summed E-state index contributed by atoms with van der Waals surface area (Å²) in [5.41, 5.74) is 1.25. The molecular weight excluding hydrogens is 366 g/mol. The maximum absolute atomic E-state index is 6.58. The summed E-state index contributed by atoms with van der Waals surface area (Å²) in [5, 5.41) is 3.70. The van der Waals surface area contributed by atoms with Gasteiger partial charge in [0.2, 0.25) is 0 Å². The van der Waals surface area contributed by atoms with Gasteiger partial charge >= 0.3 is 0 Å². The normalized spacial score (nSPS) is 19.8. The highest BCUT2D eigenvalue weighted by Gasteiger charge is 2.40. The number of pyridine rings is 1. The topological polar surface area (TPSA) is 37.4 Å². The lowest BCUT2D eigenvalue weighted by Gasteiger charge is -2.38. The molecule has 1 aliphatic rings. The highest BCUT2D eigenvalue weighted by atomic mass is 32.1. The molecule has 0 saturated carbocycles. The van der Waals surface area contributed by atoms with Crippen molar-refractivity contribution >= 4 is 35.3 Å². The Morgan fingerprint density at radius 1 is 1.36 bits per heavy atom. The van der Waals surface area contributed by atoms with Crippen molar-refractivity contribution in [2.75, 3.05) is 26.7 Å². The molecule has 1 saturated heterocycles. The van der Waals surface area contributed by atoms with E-state index in [0.717, 1.165) is 26.1 Å². The molecule has 4 nitrogen and oxygen atoms in total. The number of aromatic nitrogens is 1. The molecule has 0 aromatic carbocycles. The summed E-state index contributed by atoms with van der Waals surface area (Å²) in [4.78, 5) is 6.76. The molecule has 1 aliphatic heterocycles. The standard InChI is InChI=1S/C18H33N3OSi.2H2S/c1-18(2,3)23(5,6)22-16-9-11-21(13-16)14-17(19-4)15-8-7-10-20-12-15;;/h7-8,10,12,16-17,19H,9,11,13-14H2,1-6H3;2*1H2/t16-,17?;;/m0../s1. The van der Waals surface area contributed by atoms with Crippen LogP contribution in [0, 0.1) is 0 Å². The molecule has 2 rings (SSSR count). The second-order valence-corrected chi connectivity index (χ2v) is 12.9. The molecule has 1 unspecified atom stereocenters. The first-order valence-electron chi connectivity index (χ1n) is 8.70. The van der Waals surface area contributed by atoms with Crippen LogP contribution < -0.4 is 5.32 Å². The lowest BCUT2D eigenvalue weighted by Crippen LogP contribution is -2.44. The number of nitrogens with zero attached hydrogens (tertiary/aromatic N) is 2. The highest BCUT2D eigenvalue weighted by Crippen LogP contribution is 2.38. The molecule has 2 heterocycles. The average molecular weight is 404 g/mol. The Hall–Kier alpha value is -0.0531. The fourth-order valence-electron chi connectivity index (χ4n) is 2.86. The van der Waals surface area contributed by atoms with Crippen LogP contribution in [0.4, 0.5) is 0 Å². The fourth-order valence-corrected chi connectivity index (χ4v) is 4.24. The van der Waals surface area contributed by atoms with Crippen LogP contribution in [0.5, 0.6) is 0 Å². The van der Waals surface area contributed by atoms with Crippen LogP contribution in [0.2, 0.25) is 18.1 Å². The summed E-state index contributed by atoms with van der Waals surface area (Å²) in [6.45, 7) is 14.8. The molecular formula is C18H37N3OS2Si. The van der Waals surface area contributed by atoms with Gasteiger partial charge in [-0.2, -0.15) is 27.0 Å². The van der Waals surface area contributed by atoms with Crippen LogP contribution in [0.25, 0.3) is 0 Å². The third kappa shape index (κ3) is 6.88. The minimum absolute atomic E-state index is 0. The van der Waals surface area contributed by atoms with E-state index in [-0.39, 0.29) is 32.0 Å². The smallest absolute Gasteiger partial charge is 0.192 e. The summed E-state index contributed by atoms with van der Waals surface area (Å²) in [5.74, 6) is 0. The van der Waals surface area contributed by atoms with Crippen molar-refractivity contribution in [2.24, 2.45) is 0 Å². The molecule has 0 bridgehead atoms. The monoisotopic (exact) mass is 403 g/mol. The molecule has 7 heteroatoms. The first-order chi connectivity index (χ1) is 10.7. The van der Waals surface area contributed by atoms with Crippen LogP contribution >= 0.6 is 27.0 Å². The van der Waals surface area contributed by atoms with Gasteiger partial charge in [-0.15, -0.1) is 0 Å². The van der Waals surface area contributed by atoms with E-state index in [2.05, 4.69) is 55.1 Å². The van der Waals surface area contributed by atoms with Gasteiger partial charge in [0.1, 0.15) is 0 Å². The van der Waals surface area contributed by atoms with Crippen LogP contribution in [0.3, 0.4) is 0 Å². The van der Waals surface area contributed by atoms with Crippen LogP contribution in [-0.2, 0) is 4.43 Å². The molecule has 0 aliphatic carbocycles. The number of likely N-dealkylation sites (N-methyl/N-ethyl adjacent to an activating group) is 1. The Labute approximate surface area is 169 Å². The zero-order valence-corrected chi connectivity index (χ0v) is 19.6. The minimum Gasteiger partial charge on any atom is -0.413 e. The molecule has 0 amide bonds.